The summed E-state index contributed by atoms with van der Waals surface area (Å²) in [7, 11) is 0. The van der Waals surface area contributed by atoms with Crippen LogP contribution >= 0.6 is 0 Å². The number of rotatable bonds is 8. The van der Waals surface area contributed by atoms with Gasteiger partial charge >= 0.3 is 0 Å². The number of benzene rings is 1. The molecule has 1 unspecified atom stereocenters. The number of unbranched alkanes of at least 4 members (excludes halogenated alkanes) is 1. The number of nitrogens with one attached hydrogen (secondary N) is 1. The fourth-order valence-corrected chi connectivity index (χ4v) is 2.03. The molecular weight excluding hydrogens is 290 g/mol. The van der Waals surface area contributed by atoms with Gasteiger partial charge in [0.1, 0.15) is 0 Å². The van der Waals surface area contributed by atoms with Gasteiger partial charge in [0.15, 0.2) is 0 Å². The van der Waals surface area contributed by atoms with Crippen LogP contribution in [0.2, 0.25) is 0 Å². The molecule has 0 aromatic heterocycles. The van der Waals surface area contributed by atoms with Gasteiger partial charge in [-0.05, 0) is 12.8 Å². The lowest BCUT2D eigenvalue weighted by atomic mass is 10.1. The zero-order valence-electron chi connectivity index (χ0n) is 12.6. The number of nitrogens with zero attached hydrogens (tertiary/aromatic N) is 2. The summed E-state index contributed by atoms with van der Waals surface area (Å²) in [5.74, 6) is -0.533. The van der Waals surface area contributed by atoms with Gasteiger partial charge in [0, 0.05) is 18.2 Å². The molecule has 0 saturated heterocycles. The molecule has 0 bridgehead atoms. The molecule has 8 heteroatoms. The van der Waals surface area contributed by atoms with Crippen molar-refractivity contribution in [2.75, 3.05) is 0 Å². The molecule has 8 nitrogen and oxygen atoms in total. The second-order valence-corrected chi connectivity index (χ2v) is 4.97. The molecule has 0 spiro atoms. The molecule has 1 amide bonds. The quantitative estimate of drug-likeness (QED) is 0.584. The Bertz CT molecular complexity index is 541. The van der Waals surface area contributed by atoms with Gasteiger partial charge in [-0.25, -0.2) is 0 Å². The van der Waals surface area contributed by atoms with E-state index in [1.165, 1.54) is 0 Å². The summed E-state index contributed by atoms with van der Waals surface area (Å²) in [6.45, 7) is 3.97. The number of nitro groups is 2. The van der Waals surface area contributed by atoms with E-state index in [0.717, 1.165) is 43.9 Å². The lowest BCUT2D eigenvalue weighted by molar-refractivity contribution is -0.394. The van der Waals surface area contributed by atoms with E-state index >= 15 is 0 Å². The van der Waals surface area contributed by atoms with Gasteiger partial charge in [-0.3, -0.25) is 25.0 Å². The van der Waals surface area contributed by atoms with Gasteiger partial charge in [0.2, 0.25) is 0 Å². The first-order chi connectivity index (χ1) is 10.4. The molecular formula is C14H19N3O5. The van der Waals surface area contributed by atoms with E-state index in [-0.39, 0.29) is 11.6 Å². The Morgan fingerprint density at radius 1 is 1.14 bits per heavy atom. The van der Waals surface area contributed by atoms with E-state index in [4.69, 9.17) is 0 Å². The minimum absolute atomic E-state index is 0.0502. The zero-order valence-corrected chi connectivity index (χ0v) is 12.6. The number of hydrogen-bond donors (Lipinski definition) is 1. The fraction of sp³-hybridized carbons (Fsp3) is 0.500. The molecule has 0 radical (unpaired) electrons. The number of non-ortho nitro benzene ring substituents is 2. The van der Waals surface area contributed by atoms with Crippen molar-refractivity contribution < 1.29 is 14.6 Å². The summed E-state index contributed by atoms with van der Waals surface area (Å²) in [6.07, 6.45) is 3.47. The van der Waals surface area contributed by atoms with Crippen molar-refractivity contribution in [3.05, 3.63) is 44.0 Å². The fourth-order valence-electron chi connectivity index (χ4n) is 2.03. The van der Waals surface area contributed by atoms with Crippen molar-refractivity contribution in [2.24, 2.45) is 0 Å². The van der Waals surface area contributed by atoms with Crippen LogP contribution in [0.3, 0.4) is 0 Å². The van der Waals surface area contributed by atoms with Crippen LogP contribution in [0.25, 0.3) is 0 Å². The van der Waals surface area contributed by atoms with Crippen molar-refractivity contribution in [3.8, 4) is 0 Å². The highest BCUT2D eigenvalue weighted by Gasteiger charge is 2.21. The molecule has 0 fully saturated rings. The highest BCUT2D eigenvalue weighted by molar-refractivity contribution is 5.95. The standard InChI is InChI=1S/C14H19N3O5/c1-3-5-6-11(4-2)15-14(18)10-7-12(16(19)20)9-13(8-10)17(21)22/h7-9,11H,3-6H2,1-2H3,(H,15,18). The van der Waals surface area contributed by atoms with Crippen LogP contribution in [0.15, 0.2) is 18.2 Å². The van der Waals surface area contributed by atoms with Gasteiger partial charge in [-0.15, -0.1) is 0 Å². The molecule has 0 heterocycles. The van der Waals surface area contributed by atoms with Gasteiger partial charge < -0.3 is 5.32 Å². The molecule has 1 rings (SSSR count). The van der Waals surface area contributed by atoms with Crippen LogP contribution in [0.4, 0.5) is 11.4 Å². The largest absolute Gasteiger partial charge is 0.349 e. The highest BCUT2D eigenvalue weighted by Crippen LogP contribution is 2.23. The van der Waals surface area contributed by atoms with Crippen LogP contribution < -0.4 is 5.32 Å². The van der Waals surface area contributed by atoms with Gasteiger partial charge in [0.05, 0.1) is 21.5 Å². The number of carbonyl (C=O) groups is 1. The summed E-state index contributed by atoms with van der Waals surface area (Å²) in [5, 5.41) is 24.4. The first-order valence-corrected chi connectivity index (χ1v) is 7.13. The SMILES string of the molecule is CCCCC(CC)NC(=O)c1cc([N+](=O)[O-])cc([N+](=O)[O-])c1. The minimum atomic E-state index is -0.752. The zero-order chi connectivity index (χ0) is 16.7. The van der Waals surface area contributed by atoms with Crippen molar-refractivity contribution in [1.82, 2.24) is 5.32 Å². The van der Waals surface area contributed by atoms with E-state index in [9.17, 15) is 25.0 Å². The van der Waals surface area contributed by atoms with Crippen LogP contribution in [-0.4, -0.2) is 21.8 Å². The maximum atomic E-state index is 12.2. The lowest BCUT2D eigenvalue weighted by Crippen LogP contribution is -2.34. The monoisotopic (exact) mass is 309 g/mol. The Kier molecular flexibility index (Phi) is 6.43. The predicted molar refractivity (Wildman–Crippen MR) is 80.8 cm³/mol. The third kappa shape index (κ3) is 4.80. The first-order valence-electron chi connectivity index (χ1n) is 7.13. The summed E-state index contributed by atoms with van der Waals surface area (Å²) >= 11 is 0. The van der Waals surface area contributed by atoms with Crippen LogP contribution in [0, 0.1) is 20.2 Å². The average Bonchev–Trinajstić information content (AvgIpc) is 2.50. The van der Waals surface area contributed by atoms with Crippen LogP contribution in [0.5, 0.6) is 0 Å². The molecule has 1 N–H and O–H groups in total. The summed E-state index contributed by atoms with van der Waals surface area (Å²) in [6, 6.07) is 2.89. The Labute approximate surface area is 127 Å². The number of nitro benzene ring substituents is 2. The molecule has 0 aliphatic heterocycles. The first kappa shape index (κ1) is 17.5. The van der Waals surface area contributed by atoms with Gasteiger partial charge in [-0.2, -0.15) is 0 Å². The minimum Gasteiger partial charge on any atom is -0.349 e. The maximum Gasteiger partial charge on any atom is 0.277 e. The van der Waals surface area contributed by atoms with Crippen molar-refractivity contribution in [3.63, 3.8) is 0 Å². The number of amides is 1. The molecule has 1 aromatic carbocycles. The number of carbonyl (C=O) groups excluding carboxylic acids is 1. The third-order valence-electron chi connectivity index (χ3n) is 3.32. The lowest BCUT2D eigenvalue weighted by Gasteiger charge is -2.16. The molecule has 0 aliphatic rings. The van der Waals surface area contributed by atoms with Crippen LogP contribution in [0.1, 0.15) is 49.9 Å². The van der Waals surface area contributed by atoms with E-state index < -0.39 is 27.1 Å². The third-order valence-corrected chi connectivity index (χ3v) is 3.32. The molecule has 0 aliphatic carbocycles. The summed E-state index contributed by atoms with van der Waals surface area (Å²) in [5.41, 5.74) is -1.02. The smallest absolute Gasteiger partial charge is 0.277 e. The van der Waals surface area contributed by atoms with Crippen LogP contribution in [-0.2, 0) is 0 Å². The Balaban J connectivity index is 3.00. The molecule has 120 valence electrons. The van der Waals surface area contributed by atoms with Gasteiger partial charge in [-0.1, -0.05) is 26.7 Å². The average molecular weight is 309 g/mol. The predicted octanol–water partition coefficient (Wildman–Crippen LogP) is 3.20. The van der Waals surface area contributed by atoms with E-state index in [2.05, 4.69) is 5.32 Å². The Hall–Kier alpha value is -2.51. The molecule has 1 aromatic rings. The van der Waals surface area contributed by atoms with Crippen molar-refractivity contribution in [1.29, 1.82) is 0 Å². The number of hydrogen-bond acceptors (Lipinski definition) is 5. The maximum absolute atomic E-state index is 12.2. The van der Waals surface area contributed by atoms with E-state index in [1.807, 2.05) is 13.8 Å². The molecule has 22 heavy (non-hydrogen) atoms. The topological polar surface area (TPSA) is 115 Å². The summed E-state index contributed by atoms with van der Waals surface area (Å²) < 4.78 is 0. The van der Waals surface area contributed by atoms with Gasteiger partial charge in [0.25, 0.3) is 17.3 Å². The second kappa shape index (κ2) is 8.06. The summed E-state index contributed by atoms with van der Waals surface area (Å²) in [4.78, 5) is 32.3. The van der Waals surface area contributed by atoms with E-state index in [1.54, 1.807) is 0 Å². The second-order valence-electron chi connectivity index (χ2n) is 4.97. The van der Waals surface area contributed by atoms with Crippen molar-refractivity contribution in [2.45, 2.75) is 45.6 Å². The van der Waals surface area contributed by atoms with E-state index in [0.29, 0.717) is 0 Å². The Morgan fingerprint density at radius 2 is 1.68 bits per heavy atom. The highest BCUT2D eigenvalue weighted by atomic mass is 16.6. The normalized spacial score (nSPS) is 11.7. The molecule has 0 saturated carbocycles. The van der Waals surface area contributed by atoms with Crippen molar-refractivity contribution >= 4 is 17.3 Å². The Morgan fingerprint density at radius 3 is 2.09 bits per heavy atom. The molecule has 1 atom stereocenters.